The second-order valence-corrected chi connectivity index (χ2v) is 27.3. The number of benzene rings is 1. The largest absolute Gasteiger partial charge is 0.481 e. The number of carbonyl (C=O) groups excluding carboxylic acids is 13. The van der Waals surface area contributed by atoms with Crippen LogP contribution in [-0.4, -0.2) is 243 Å². The summed E-state index contributed by atoms with van der Waals surface area (Å²) in [5.41, 5.74) is 6.28. The van der Waals surface area contributed by atoms with E-state index in [1.54, 1.807) is 71.9 Å². The van der Waals surface area contributed by atoms with Crippen molar-refractivity contribution in [2.75, 3.05) is 32.8 Å². The van der Waals surface area contributed by atoms with E-state index in [9.17, 15) is 107 Å². The van der Waals surface area contributed by atoms with Gasteiger partial charge < -0.3 is 111 Å². The van der Waals surface area contributed by atoms with Crippen LogP contribution in [0.1, 0.15) is 140 Å². The summed E-state index contributed by atoms with van der Waals surface area (Å²) in [6.07, 6.45) is -2.55. The van der Waals surface area contributed by atoms with Crippen LogP contribution in [0.4, 0.5) is 0 Å². The van der Waals surface area contributed by atoms with Crippen LogP contribution in [0.2, 0.25) is 0 Å². The molecule has 1 aliphatic heterocycles. The molecule has 584 valence electrons. The minimum absolute atomic E-state index is 0.0527. The number of aliphatic hydroxyl groups excluding tert-OH is 3. The molecule has 14 atom stereocenters. The van der Waals surface area contributed by atoms with Crippen molar-refractivity contribution in [2.24, 2.45) is 35.3 Å². The highest BCUT2D eigenvalue weighted by Gasteiger charge is 2.40. The first-order valence-corrected chi connectivity index (χ1v) is 34.7. The molecule has 0 spiro atoms. The zero-order valence-electron chi connectivity index (χ0n) is 60.8. The number of nitrogens with one attached hydrogen (secondary N) is 14. The minimum atomic E-state index is -1.90. The number of hydrogen-bond acceptors (Lipinski definition) is 21. The predicted octanol–water partition coefficient (Wildman–Crippen LogP) is -5.50. The molecular weight excluding hydrogens is 1370 g/mol. The highest BCUT2D eigenvalue weighted by molar-refractivity contribution is 6.00. The maximum absolute atomic E-state index is 14.5. The molecule has 22 N–H and O–H groups in total. The summed E-state index contributed by atoms with van der Waals surface area (Å²) < 4.78 is 0. The van der Waals surface area contributed by atoms with E-state index in [0.29, 0.717) is 24.9 Å². The summed E-state index contributed by atoms with van der Waals surface area (Å²) in [5, 5.41) is 93.3. The normalized spacial score (nSPS) is 16.5. The topological polar surface area (TPSA) is 589 Å². The Morgan fingerprint density at radius 1 is 0.462 bits per heavy atom. The molecule has 0 saturated carbocycles. The van der Waals surface area contributed by atoms with Gasteiger partial charge in [0.15, 0.2) is 0 Å². The predicted molar refractivity (Wildman–Crippen MR) is 372 cm³/mol. The summed E-state index contributed by atoms with van der Waals surface area (Å²) in [7, 11) is 0. The Morgan fingerprint density at radius 2 is 0.885 bits per heavy atom. The smallest absolute Gasteiger partial charge is 0.328 e. The summed E-state index contributed by atoms with van der Waals surface area (Å²) in [6.45, 7) is 15.1. The van der Waals surface area contributed by atoms with Crippen LogP contribution >= 0.6 is 0 Å². The maximum atomic E-state index is 14.5. The summed E-state index contributed by atoms with van der Waals surface area (Å²) in [5.74, 6) is -20.4. The second kappa shape index (κ2) is 45.6. The van der Waals surface area contributed by atoms with Gasteiger partial charge in [-0.05, 0) is 100 Å². The number of carboxylic acid groups (broad SMARTS) is 3. The number of amides is 13. The lowest BCUT2D eigenvalue weighted by atomic mass is 9.97. The van der Waals surface area contributed by atoms with Crippen molar-refractivity contribution in [1.29, 1.82) is 0 Å². The molecule has 0 aliphatic carbocycles. The molecule has 1 fully saturated rings. The molecule has 1 saturated heterocycles. The molecule has 0 aromatic heterocycles. The third kappa shape index (κ3) is 31.6. The molecule has 2 rings (SSSR count). The Hall–Kier alpha value is -9.46. The number of aliphatic carboxylic acids is 3. The first-order chi connectivity index (χ1) is 48.8. The molecule has 104 heavy (non-hydrogen) atoms. The number of carbonyl (C=O) groups is 16. The van der Waals surface area contributed by atoms with E-state index in [4.69, 9.17) is 5.73 Å². The van der Waals surface area contributed by atoms with Crippen molar-refractivity contribution in [3.8, 4) is 0 Å². The Morgan fingerprint density at radius 3 is 1.35 bits per heavy atom. The number of aliphatic hydroxyl groups is 3. The van der Waals surface area contributed by atoms with Crippen LogP contribution < -0.4 is 80.2 Å². The standard InChI is InChI=1S/C67H109N15O22/c1-32(2)26-42(59(95)74-43(27-38-18-13-12-14-19-38)60(96)75-44(28-49(89)90)61(97)77-46(31-84)67(103)104)73-57(93)40(20-15-16-24-68)71-62(98)51(34(5)6)80-65(101)53(36(9)10)81-64(100)52(35(7)8)79-58(94)41(22-23-48(87)88)72-66(102)54(37(11)85)82-63(99)50(33(3)4)78-47(86)29-70-55(91)45(30-83)76-56(92)39-21-17-25-69-39/h12-14,18-19,32-37,39-46,50-54,69,83-85H,15-17,20-31,68H2,1-11H3,(H,70,91)(H,71,98)(H,72,102)(H,73,93)(H,74,95)(H,75,96)(H,76,92)(H,77,97)(H,78,86)(H,79,94)(H,80,101)(H,81,100)(H,82,99)(H,87,88)(H,89,90)(H,103,104)/t37-,39+,40+,41+,42+,43+,44+,45+,46+,50+,51+,52+,53+,54+/m1/s1. The van der Waals surface area contributed by atoms with Crippen LogP contribution in [0.5, 0.6) is 0 Å². The number of carboxylic acids is 3. The van der Waals surface area contributed by atoms with Gasteiger partial charge in [0, 0.05) is 12.8 Å². The zero-order chi connectivity index (χ0) is 78.8. The lowest BCUT2D eigenvalue weighted by molar-refractivity contribution is -0.144. The van der Waals surface area contributed by atoms with Gasteiger partial charge in [0.2, 0.25) is 76.8 Å². The molecule has 37 heteroatoms. The number of unbranched alkanes of at least 4 members (excludes halogenated alkanes) is 1. The fraction of sp³-hybridized carbons (Fsp3) is 0.672. The molecule has 0 unspecified atom stereocenters. The van der Waals surface area contributed by atoms with Crippen LogP contribution in [0.25, 0.3) is 0 Å². The molecule has 1 aromatic rings. The van der Waals surface area contributed by atoms with Gasteiger partial charge >= 0.3 is 17.9 Å². The Bertz CT molecular complexity index is 3090. The molecule has 13 amide bonds. The van der Waals surface area contributed by atoms with E-state index < -0.39 is 242 Å². The van der Waals surface area contributed by atoms with Crippen LogP contribution in [0.15, 0.2) is 30.3 Å². The third-order valence-electron chi connectivity index (χ3n) is 16.6. The zero-order valence-corrected chi connectivity index (χ0v) is 60.8. The van der Waals surface area contributed by atoms with E-state index in [1.165, 1.54) is 27.7 Å². The summed E-state index contributed by atoms with van der Waals surface area (Å²) in [4.78, 5) is 215. The van der Waals surface area contributed by atoms with E-state index in [-0.39, 0.29) is 38.1 Å². The lowest BCUT2D eigenvalue weighted by Gasteiger charge is -2.31. The number of hydrogen-bond donors (Lipinski definition) is 21. The SMILES string of the molecule is CC(C)C[C@H](NC(=O)[C@H](CCCCN)NC(=O)[C@@H](NC(=O)[C@@H](NC(=O)[C@@H](NC(=O)[C@H](CCC(=O)O)NC(=O)[C@@H](NC(=O)[C@@H](NC(=O)CNC(=O)[C@H](CO)NC(=O)[C@@H]1CCCN1)C(C)C)[C@@H](C)O)C(C)C)C(C)C)C(C)C)C(=O)N[C@@H](Cc1ccccc1)C(=O)N[C@@H](CC(=O)O)C(=O)N[C@@H](CO)C(=O)O. The first kappa shape index (κ1) is 90.6. The van der Waals surface area contributed by atoms with Gasteiger partial charge in [-0.25, -0.2) is 4.79 Å². The monoisotopic (exact) mass is 1480 g/mol. The van der Waals surface area contributed by atoms with Crippen molar-refractivity contribution in [3.63, 3.8) is 0 Å². The van der Waals surface area contributed by atoms with Gasteiger partial charge in [-0.2, -0.15) is 0 Å². The van der Waals surface area contributed by atoms with Gasteiger partial charge in [-0.15, -0.1) is 0 Å². The second-order valence-electron chi connectivity index (χ2n) is 27.3. The fourth-order valence-electron chi connectivity index (χ4n) is 10.7. The van der Waals surface area contributed by atoms with E-state index >= 15 is 0 Å². The van der Waals surface area contributed by atoms with Crippen molar-refractivity contribution < 1.29 is 107 Å². The Balaban J connectivity index is 2.38. The average molecular weight is 1480 g/mol. The summed E-state index contributed by atoms with van der Waals surface area (Å²) >= 11 is 0. The molecule has 1 aromatic carbocycles. The Kier molecular flexibility index (Phi) is 39.7. The molecule has 37 nitrogen and oxygen atoms in total. The van der Waals surface area contributed by atoms with Crippen molar-refractivity contribution in [1.82, 2.24) is 74.4 Å². The number of rotatable bonds is 47. The van der Waals surface area contributed by atoms with Crippen molar-refractivity contribution in [2.45, 2.75) is 225 Å². The third-order valence-corrected chi connectivity index (χ3v) is 16.6. The van der Waals surface area contributed by atoms with Crippen LogP contribution in [0, 0.1) is 29.6 Å². The number of nitrogens with two attached hydrogens (primary N) is 1. The molecule has 0 radical (unpaired) electrons. The average Bonchev–Trinajstić information content (AvgIpc) is 0.993. The fourth-order valence-corrected chi connectivity index (χ4v) is 10.7. The Labute approximate surface area is 603 Å². The maximum Gasteiger partial charge on any atom is 0.328 e. The highest BCUT2D eigenvalue weighted by atomic mass is 16.4. The van der Waals surface area contributed by atoms with Crippen LogP contribution in [-0.2, 0) is 83.1 Å². The molecule has 0 bridgehead atoms. The summed E-state index contributed by atoms with van der Waals surface area (Å²) in [6, 6.07) is -11.4. The van der Waals surface area contributed by atoms with Gasteiger partial charge in [0.1, 0.15) is 72.5 Å². The lowest BCUT2D eigenvalue weighted by Crippen LogP contribution is -2.63. The van der Waals surface area contributed by atoms with Gasteiger partial charge in [-0.1, -0.05) is 99.6 Å². The van der Waals surface area contributed by atoms with E-state index in [1.807, 2.05) is 5.32 Å². The molecular formula is C67H109N15O22. The van der Waals surface area contributed by atoms with Gasteiger partial charge in [-0.3, -0.25) is 71.9 Å². The minimum Gasteiger partial charge on any atom is -0.481 e. The first-order valence-electron chi connectivity index (χ1n) is 34.7. The van der Waals surface area contributed by atoms with Crippen molar-refractivity contribution >= 4 is 94.7 Å². The van der Waals surface area contributed by atoms with Gasteiger partial charge in [0.05, 0.1) is 38.3 Å². The van der Waals surface area contributed by atoms with E-state index in [2.05, 4.69) is 69.1 Å². The van der Waals surface area contributed by atoms with Gasteiger partial charge in [0.25, 0.3) is 0 Å². The molecule has 1 aliphatic rings. The highest BCUT2D eigenvalue weighted by Crippen LogP contribution is 2.15. The van der Waals surface area contributed by atoms with Crippen LogP contribution in [0.3, 0.4) is 0 Å². The van der Waals surface area contributed by atoms with Crippen molar-refractivity contribution in [3.05, 3.63) is 35.9 Å². The quantitative estimate of drug-likeness (QED) is 0.0271. The molecule has 1 heterocycles. The van der Waals surface area contributed by atoms with E-state index in [0.717, 1.165) is 13.3 Å².